The zero-order chi connectivity index (χ0) is 14.5. The van der Waals surface area contributed by atoms with Crippen LogP contribution in [0.5, 0.6) is 0 Å². The third-order valence-corrected chi connectivity index (χ3v) is 3.69. The van der Waals surface area contributed by atoms with E-state index in [0.29, 0.717) is 12.5 Å². The molecule has 1 aromatic carbocycles. The fourth-order valence-electron chi connectivity index (χ4n) is 2.63. The molecule has 0 saturated carbocycles. The number of benzene rings is 1. The van der Waals surface area contributed by atoms with E-state index in [1.54, 1.807) is 12.1 Å². The Bertz CT molecular complexity index is 479. The first-order valence-electron chi connectivity index (χ1n) is 6.98. The van der Waals surface area contributed by atoms with Crippen LogP contribution >= 0.6 is 0 Å². The van der Waals surface area contributed by atoms with Crippen molar-refractivity contribution in [2.45, 2.75) is 19.9 Å². The van der Waals surface area contributed by atoms with Crippen LogP contribution < -0.4 is 5.32 Å². The molecule has 2 rings (SSSR count). The number of rotatable bonds is 6. The van der Waals surface area contributed by atoms with Crippen LogP contribution in [0.25, 0.3) is 0 Å². The Kier molecular flexibility index (Phi) is 4.92. The van der Waals surface area contributed by atoms with Gasteiger partial charge in [-0.1, -0.05) is 0 Å². The SMILES string of the molecule is CCNc1ccc([N+](=O)[O-])cc1CN1CCC(CO)C1. The first-order chi connectivity index (χ1) is 9.63. The van der Waals surface area contributed by atoms with E-state index in [4.69, 9.17) is 0 Å². The second-order valence-corrected chi connectivity index (χ2v) is 5.20. The van der Waals surface area contributed by atoms with Crippen LogP contribution in [-0.4, -0.2) is 41.2 Å². The number of nitrogens with one attached hydrogen (secondary N) is 1. The lowest BCUT2D eigenvalue weighted by atomic mass is 10.1. The number of hydrogen-bond acceptors (Lipinski definition) is 5. The quantitative estimate of drug-likeness (QED) is 0.613. The summed E-state index contributed by atoms with van der Waals surface area (Å²) in [5.41, 5.74) is 2.02. The van der Waals surface area contributed by atoms with Crippen LogP contribution in [0.15, 0.2) is 18.2 Å². The predicted molar refractivity (Wildman–Crippen MR) is 77.7 cm³/mol. The molecule has 0 bridgehead atoms. The molecule has 1 heterocycles. The highest BCUT2D eigenvalue weighted by molar-refractivity contribution is 5.56. The van der Waals surface area contributed by atoms with E-state index in [1.807, 2.05) is 6.92 Å². The molecular weight excluding hydrogens is 258 g/mol. The Morgan fingerprint density at radius 2 is 2.35 bits per heavy atom. The molecule has 1 aliphatic rings. The molecule has 6 heteroatoms. The maximum absolute atomic E-state index is 10.9. The van der Waals surface area contributed by atoms with Crippen LogP contribution in [0.2, 0.25) is 0 Å². The van der Waals surface area contributed by atoms with Gasteiger partial charge in [-0.25, -0.2) is 0 Å². The molecule has 1 unspecified atom stereocenters. The van der Waals surface area contributed by atoms with E-state index < -0.39 is 0 Å². The first kappa shape index (κ1) is 14.7. The zero-order valence-corrected chi connectivity index (χ0v) is 11.7. The Morgan fingerprint density at radius 1 is 1.55 bits per heavy atom. The maximum Gasteiger partial charge on any atom is 0.269 e. The average molecular weight is 279 g/mol. The molecule has 0 aromatic heterocycles. The smallest absolute Gasteiger partial charge is 0.269 e. The number of likely N-dealkylation sites (tertiary alicyclic amines) is 1. The number of nitro groups is 1. The second-order valence-electron chi connectivity index (χ2n) is 5.20. The number of nitrogens with zero attached hydrogens (tertiary/aromatic N) is 2. The van der Waals surface area contributed by atoms with Gasteiger partial charge in [0.2, 0.25) is 0 Å². The topological polar surface area (TPSA) is 78.6 Å². The summed E-state index contributed by atoms with van der Waals surface area (Å²) in [5.74, 6) is 0.330. The van der Waals surface area contributed by atoms with Gasteiger partial charge in [-0.2, -0.15) is 0 Å². The minimum atomic E-state index is -0.361. The summed E-state index contributed by atoms with van der Waals surface area (Å²) in [6, 6.07) is 4.95. The summed E-state index contributed by atoms with van der Waals surface area (Å²) < 4.78 is 0. The largest absolute Gasteiger partial charge is 0.396 e. The maximum atomic E-state index is 10.9. The fraction of sp³-hybridized carbons (Fsp3) is 0.571. The number of nitro benzene ring substituents is 1. The van der Waals surface area contributed by atoms with Gasteiger partial charge in [-0.3, -0.25) is 15.0 Å². The van der Waals surface area contributed by atoms with Crippen molar-refractivity contribution in [3.05, 3.63) is 33.9 Å². The van der Waals surface area contributed by atoms with Crippen molar-refractivity contribution in [2.24, 2.45) is 5.92 Å². The normalized spacial score (nSPS) is 19.2. The van der Waals surface area contributed by atoms with Crippen molar-refractivity contribution in [3.63, 3.8) is 0 Å². The molecule has 0 aliphatic carbocycles. The van der Waals surface area contributed by atoms with Gasteiger partial charge in [0.05, 0.1) is 4.92 Å². The Morgan fingerprint density at radius 3 is 2.95 bits per heavy atom. The average Bonchev–Trinajstić information content (AvgIpc) is 2.88. The van der Waals surface area contributed by atoms with Crippen molar-refractivity contribution in [1.29, 1.82) is 0 Å². The number of anilines is 1. The van der Waals surface area contributed by atoms with E-state index in [9.17, 15) is 15.2 Å². The third-order valence-electron chi connectivity index (χ3n) is 3.69. The standard InChI is InChI=1S/C14H21N3O3/c1-2-15-14-4-3-13(17(19)20)7-12(14)9-16-6-5-11(8-16)10-18/h3-4,7,11,15,18H,2,5-6,8-10H2,1H3. The molecule has 1 aliphatic heterocycles. The van der Waals surface area contributed by atoms with Gasteiger partial charge in [0, 0.05) is 44.1 Å². The summed E-state index contributed by atoms with van der Waals surface area (Å²) in [6.07, 6.45) is 0.988. The minimum absolute atomic E-state index is 0.125. The van der Waals surface area contributed by atoms with Crippen LogP contribution in [0.3, 0.4) is 0 Å². The lowest BCUT2D eigenvalue weighted by Crippen LogP contribution is -2.21. The predicted octanol–water partition coefficient (Wildman–Crippen LogP) is 1.84. The molecule has 2 N–H and O–H groups in total. The molecule has 0 amide bonds. The summed E-state index contributed by atoms with van der Waals surface area (Å²) >= 11 is 0. The second kappa shape index (κ2) is 6.67. The zero-order valence-electron chi connectivity index (χ0n) is 11.7. The number of aliphatic hydroxyl groups excluding tert-OH is 1. The van der Waals surface area contributed by atoms with Gasteiger partial charge in [0.25, 0.3) is 5.69 Å². The first-order valence-corrected chi connectivity index (χ1v) is 6.98. The molecule has 1 aromatic rings. The van der Waals surface area contributed by atoms with Crippen molar-refractivity contribution in [3.8, 4) is 0 Å². The Hall–Kier alpha value is -1.66. The number of hydrogen-bond donors (Lipinski definition) is 2. The lowest BCUT2D eigenvalue weighted by molar-refractivity contribution is -0.384. The Labute approximate surface area is 118 Å². The van der Waals surface area contributed by atoms with E-state index in [2.05, 4.69) is 10.2 Å². The van der Waals surface area contributed by atoms with Gasteiger partial charge in [0.1, 0.15) is 0 Å². The molecule has 6 nitrogen and oxygen atoms in total. The van der Waals surface area contributed by atoms with Gasteiger partial charge in [-0.15, -0.1) is 0 Å². The Balaban J connectivity index is 2.15. The molecule has 1 saturated heterocycles. The fourth-order valence-corrected chi connectivity index (χ4v) is 2.63. The van der Waals surface area contributed by atoms with Crippen molar-refractivity contribution in [2.75, 3.05) is 31.6 Å². The van der Waals surface area contributed by atoms with Gasteiger partial charge in [-0.05, 0) is 37.4 Å². The molecular formula is C14H21N3O3. The molecule has 1 fully saturated rings. The van der Waals surface area contributed by atoms with Crippen LogP contribution in [0.4, 0.5) is 11.4 Å². The van der Waals surface area contributed by atoms with Crippen molar-refractivity contribution < 1.29 is 10.0 Å². The van der Waals surface area contributed by atoms with E-state index in [1.165, 1.54) is 6.07 Å². The lowest BCUT2D eigenvalue weighted by Gasteiger charge is -2.18. The van der Waals surface area contributed by atoms with Crippen LogP contribution in [0.1, 0.15) is 18.9 Å². The number of aliphatic hydroxyl groups is 1. The van der Waals surface area contributed by atoms with Gasteiger partial charge in [0.15, 0.2) is 0 Å². The van der Waals surface area contributed by atoms with Gasteiger partial charge >= 0.3 is 0 Å². The summed E-state index contributed by atoms with van der Waals surface area (Å²) in [7, 11) is 0. The molecule has 1 atom stereocenters. The third kappa shape index (κ3) is 3.46. The minimum Gasteiger partial charge on any atom is -0.396 e. The number of non-ortho nitro benzene ring substituents is 1. The van der Waals surface area contributed by atoms with Crippen LogP contribution in [-0.2, 0) is 6.54 Å². The molecule has 0 radical (unpaired) electrons. The highest BCUT2D eigenvalue weighted by Crippen LogP contribution is 2.26. The highest BCUT2D eigenvalue weighted by Gasteiger charge is 2.23. The van der Waals surface area contributed by atoms with Gasteiger partial charge < -0.3 is 10.4 Å². The van der Waals surface area contributed by atoms with Crippen molar-refractivity contribution >= 4 is 11.4 Å². The highest BCUT2D eigenvalue weighted by atomic mass is 16.6. The summed E-state index contributed by atoms with van der Waals surface area (Å²) in [6.45, 7) is 5.46. The summed E-state index contributed by atoms with van der Waals surface area (Å²) in [4.78, 5) is 12.8. The van der Waals surface area contributed by atoms with E-state index >= 15 is 0 Å². The van der Waals surface area contributed by atoms with Crippen molar-refractivity contribution in [1.82, 2.24) is 4.90 Å². The molecule has 0 spiro atoms. The summed E-state index contributed by atoms with van der Waals surface area (Å²) in [5, 5.41) is 23.3. The van der Waals surface area contributed by atoms with E-state index in [-0.39, 0.29) is 17.2 Å². The monoisotopic (exact) mass is 279 g/mol. The molecule has 110 valence electrons. The van der Waals surface area contributed by atoms with Crippen LogP contribution in [0, 0.1) is 16.0 Å². The molecule has 20 heavy (non-hydrogen) atoms. The van der Waals surface area contributed by atoms with E-state index in [0.717, 1.165) is 37.3 Å².